The Kier molecular flexibility index (Phi) is 4.79. The van der Waals surface area contributed by atoms with Gasteiger partial charge in [-0.3, -0.25) is 0 Å². The number of rotatable bonds is 7. The third kappa shape index (κ3) is 3.96. The van der Waals surface area contributed by atoms with Gasteiger partial charge in [-0.2, -0.15) is 0 Å². The molecule has 104 valence electrons. The number of hydrogen-bond acceptors (Lipinski definition) is 5. The van der Waals surface area contributed by atoms with Crippen LogP contribution in [-0.2, 0) is 13.2 Å². The Hall–Kier alpha value is -1.56. The van der Waals surface area contributed by atoms with Crippen LogP contribution in [0.25, 0.3) is 0 Å². The summed E-state index contributed by atoms with van der Waals surface area (Å²) in [6.07, 6.45) is 1.50. The monoisotopic (exact) mass is 265 g/mol. The Morgan fingerprint density at radius 2 is 2.05 bits per heavy atom. The van der Waals surface area contributed by atoms with E-state index in [1.165, 1.54) is 0 Å². The number of nitrogens with one attached hydrogen (secondary N) is 1. The molecule has 5 heteroatoms. The molecule has 2 heterocycles. The molecule has 3 N–H and O–H groups in total. The van der Waals surface area contributed by atoms with Gasteiger partial charge in [-0.15, -0.1) is 0 Å². The third-order valence-corrected chi connectivity index (χ3v) is 2.95. The maximum atomic E-state index is 9.93. The van der Waals surface area contributed by atoms with Crippen LogP contribution in [0.3, 0.4) is 0 Å². The molecular weight excluding hydrogens is 246 g/mol. The lowest BCUT2D eigenvalue weighted by atomic mass is 10.1. The molecule has 0 radical (unpaired) electrons. The molecule has 0 fully saturated rings. The van der Waals surface area contributed by atoms with Crippen molar-refractivity contribution in [2.75, 3.05) is 0 Å². The first-order valence-electron chi connectivity index (χ1n) is 6.32. The highest BCUT2D eigenvalue weighted by atomic mass is 16.4. The van der Waals surface area contributed by atoms with Crippen molar-refractivity contribution in [2.24, 2.45) is 0 Å². The van der Waals surface area contributed by atoms with Crippen molar-refractivity contribution in [3.8, 4) is 0 Å². The summed E-state index contributed by atoms with van der Waals surface area (Å²) in [4.78, 5) is 0. The first kappa shape index (κ1) is 13.9. The second-order valence-corrected chi connectivity index (χ2v) is 4.58. The van der Waals surface area contributed by atoms with E-state index in [0.29, 0.717) is 24.5 Å². The minimum atomic E-state index is -0.609. The lowest BCUT2D eigenvalue weighted by molar-refractivity contribution is 0.128. The van der Waals surface area contributed by atoms with Gasteiger partial charge < -0.3 is 24.4 Å². The van der Waals surface area contributed by atoms with Crippen molar-refractivity contribution in [3.63, 3.8) is 0 Å². The Labute approximate surface area is 111 Å². The van der Waals surface area contributed by atoms with Crippen LogP contribution in [0.15, 0.2) is 39.4 Å². The molecule has 0 spiro atoms. The zero-order chi connectivity index (χ0) is 13.7. The molecule has 2 aromatic rings. The highest BCUT2D eigenvalue weighted by Crippen LogP contribution is 2.18. The van der Waals surface area contributed by atoms with Gasteiger partial charge in [0, 0.05) is 6.04 Å². The molecule has 0 saturated heterocycles. The van der Waals surface area contributed by atoms with Crippen LogP contribution >= 0.6 is 0 Å². The van der Waals surface area contributed by atoms with Crippen molar-refractivity contribution >= 4 is 0 Å². The molecule has 2 aromatic heterocycles. The van der Waals surface area contributed by atoms with Crippen LogP contribution < -0.4 is 5.32 Å². The molecule has 0 aliphatic rings. The number of hydrogen-bond donors (Lipinski definition) is 3. The maximum Gasteiger partial charge on any atom is 0.132 e. The molecule has 0 aliphatic heterocycles. The lowest BCUT2D eigenvalue weighted by Crippen LogP contribution is -2.27. The Morgan fingerprint density at radius 3 is 2.68 bits per heavy atom. The number of aliphatic hydroxyl groups excluding tert-OH is 2. The summed E-state index contributed by atoms with van der Waals surface area (Å²) in [5.41, 5.74) is 0. The topological polar surface area (TPSA) is 78.8 Å². The van der Waals surface area contributed by atoms with E-state index in [-0.39, 0.29) is 12.6 Å². The first-order chi connectivity index (χ1) is 9.19. The van der Waals surface area contributed by atoms with Crippen molar-refractivity contribution in [2.45, 2.75) is 38.6 Å². The summed E-state index contributed by atoms with van der Waals surface area (Å²) in [5, 5.41) is 22.1. The van der Waals surface area contributed by atoms with Gasteiger partial charge in [0.25, 0.3) is 0 Å². The second kappa shape index (κ2) is 6.56. The van der Waals surface area contributed by atoms with E-state index >= 15 is 0 Å². The van der Waals surface area contributed by atoms with Crippen LogP contribution in [0.1, 0.15) is 36.7 Å². The largest absolute Gasteiger partial charge is 0.467 e. The van der Waals surface area contributed by atoms with E-state index in [4.69, 9.17) is 13.9 Å². The summed E-state index contributed by atoms with van der Waals surface area (Å²) >= 11 is 0. The molecular formula is C14H19NO4. The zero-order valence-electron chi connectivity index (χ0n) is 10.9. The van der Waals surface area contributed by atoms with E-state index < -0.39 is 6.10 Å². The highest BCUT2D eigenvalue weighted by Gasteiger charge is 2.14. The zero-order valence-corrected chi connectivity index (χ0v) is 10.9. The van der Waals surface area contributed by atoms with Crippen molar-refractivity contribution in [1.29, 1.82) is 0 Å². The van der Waals surface area contributed by atoms with Crippen LogP contribution in [0.5, 0.6) is 0 Å². The summed E-state index contributed by atoms with van der Waals surface area (Å²) in [5.74, 6) is 1.90. The standard InChI is InChI=1S/C14H19NO4/c1-10(7-13(17)14-3-2-6-18-14)15-8-11-4-5-12(9-16)19-11/h2-6,10,13,15-17H,7-9H2,1H3. The summed E-state index contributed by atoms with van der Waals surface area (Å²) in [6, 6.07) is 7.21. The number of furan rings is 2. The van der Waals surface area contributed by atoms with Crippen molar-refractivity contribution < 1.29 is 19.0 Å². The van der Waals surface area contributed by atoms with Gasteiger partial charge in [0.1, 0.15) is 30.0 Å². The van der Waals surface area contributed by atoms with E-state index in [0.717, 1.165) is 5.76 Å². The van der Waals surface area contributed by atoms with Crippen LogP contribution in [-0.4, -0.2) is 16.3 Å². The van der Waals surface area contributed by atoms with Crippen molar-refractivity contribution in [3.05, 3.63) is 47.8 Å². The fourth-order valence-electron chi connectivity index (χ4n) is 1.89. The molecule has 0 saturated carbocycles. The molecule has 2 atom stereocenters. The molecule has 0 bridgehead atoms. The number of aliphatic hydroxyl groups is 2. The minimum absolute atomic E-state index is 0.0905. The average molecular weight is 265 g/mol. The van der Waals surface area contributed by atoms with E-state index in [1.807, 2.05) is 13.0 Å². The SMILES string of the molecule is CC(CC(O)c1ccco1)NCc1ccc(CO)o1. The Balaban J connectivity index is 1.76. The van der Waals surface area contributed by atoms with Crippen LogP contribution in [0.2, 0.25) is 0 Å². The molecule has 19 heavy (non-hydrogen) atoms. The summed E-state index contributed by atoms with van der Waals surface area (Å²) in [7, 11) is 0. The van der Waals surface area contributed by atoms with E-state index in [1.54, 1.807) is 24.5 Å². The molecule has 2 rings (SSSR count). The predicted octanol–water partition coefficient (Wildman–Crippen LogP) is 1.97. The Morgan fingerprint density at radius 1 is 1.26 bits per heavy atom. The van der Waals surface area contributed by atoms with Crippen LogP contribution in [0, 0.1) is 0 Å². The fraction of sp³-hybridized carbons (Fsp3) is 0.429. The highest BCUT2D eigenvalue weighted by molar-refractivity contribution is 5.06. The second-order valence-electron chi connectivity index (χ2n) is 4.58. The molecule has 0 aliphatic carbocycles. The third-order valence-electron chi connectivity index (χ3n) is 2.95. The lowest BCUT2D eigenvalue weighted by Gasteiger charge is -2.15. The molecule has 5 nitrogen and oxygen atoms in total. The van der Waals surface area contributed by atoms with E-state index in [2.05, 4.69) is 5.32 Å². The van der Waals surface area contributed by atoms with Gasteiger partial charge in [-0.05, 0) is 37.6 Å². The Bertz CT molecular complexity index is 477. The maximum absolute atomic E-state index is 9.93. The van der Waals surface area contributed by atoms with Gasteiger partial charge in [0.15, 0.2) is 0 Å². The summed E-state index contributed by atoms with van der Waals surface area (Å²) < 4.78 is 10.5. The first-order valence-corrected chi connectivity index (χ1v) is 6.32. The normalized spacial score (nSPS) is 14.5. The molecule has 2 unspecified atom stereocenters. The van der Waals surface area contributed by atoms with Crippen molar-refractivity contribution in [1.82, 2.24) is 5.32 Å². The fourth-order valence-corrected chi connectivity index (χ4v) is 1.89. The summed E-state index contributed by atoms with van der Waals surface area (Å²) in [6.45, 7) is 2.46. The molecule has 0 aromatic carbocycles. The smallest absolute Gasteiger partial charge is 0.132 e. The molecule has 0 amide bonds. The van der Waals surface area contributed by atoms with Gasteiger partial charge in [-0.1, -0.05) is 0 Å². The van der Waals surface area contributed by atoms with Gasteiger partial charge in [-0.25, -0.2) is 0 Å². The minimum Gasteiger partial charge on any atom is -0.467 e. The predicted molar refractivity (Wildman–Crippen MR) is 69.2 cm³/mol. The average Bonchev–Trinajstić information content (AvgIpc) is 3.07. The van der Waals surface area contributed by atoms with Gasteiger partial charge >= 0.3 is 0 Å². The van der Waals surface area contributed by atoms with Gasteiger partial charge in [0.05, 0.1) is 12.8 Å². The van der Waals surface area contributed by atoms with Gasteiger partial charge in [0.2, 0.25) is 0 Å². The van der Waals surface area contributed by atoms with E-state index in [9.17, 15) is 5.11 Å². The van der Waals surface area contributed by atoms with Crippen LogP contribution in [0.4, 0.5) is 0 Å². The quantitative estimate of drug-likeness (QED) is 0.713.